The fourth-order valence-electron chi connectivity index (χ4n) is 2.14. The monoisotopic (exact) mass is 279 g/mol. The molecule has 2 rings (SSSR count). The Morgan fingerprint density at radius 1 is 1.42 bits per heavy atom. The van der Waals surface area contributed by atoms with Crippen LogP contribution in [0.4, 0.5) is 5.82 Å². The van der Waals surface area contributed by atoms with Crippen molar-refractivity contribution in [3.8, 4) is 11.8 Å². The summed E-state index contributed by atoms with van der Waals surface area (Å²) in [5.41, 5.74) is 6.00. The molecule has 1 saturated carbocycles. The normalized spacial score (nSPS) is 15.8. The van der Waals surface area contributed by atoms with Gasteiger partial charge in [-0.05, 0) is 25.0 Å². The van der Waals surface area contributed by atoms with Crippen LogP contribution in [-0.4, -0.2) is 25.2 Å². The Bertz CT molecular complexity index is 596. The van der Waals surface area contributed by atoms with E-state index in [1.807, 2.05) is 0 Å². The summed E-state index contributed by atoms with van der Waals surface area (Å²) >= 11 is 0. The molecule has 19 heavy (non-hydrogen) atoms. The fraction of sp³-hybridized carbons (Fsp3) is 0.462. The van der Waals surface area contributed by atoms with Crippen LogP contribution in [0, 0.1) is 11.8 Å². The Morgan fingerprint density at radius 3 is 2.84 bits per heavy atom. The lowest BCUT2D eigenvalue weighted by Crippen LogP contribution is -2.25. The predicted molar refractivity (Wildman–Crippen MR) is 75.0 cm³/mol. The van der Waals surface area contributed by atoms with Gasteiger partial charge in [0.2, 0.25) is 10.0 Å². The van der Waals surface area contributed by atoms with Crippen LogP contribution in [0.2, 0.25) is 0 Å². The smallest absolute Gasteiger partial charge is 0.236 e. The number of anilines is 1. The fourth-order valence-corrected chi connectivity index (χ4v) is 3.67. The summed E-state index contributed by atoms with van der Waals surface area (Å²) < 4.78 is 26.8. The summed E-state index contributed by atoms with van der Waals surface area (Å²) in [6.45, 7) is 0.269. The first kappa shape index (κ1) is 13.8. The molecule has 102 valence electrons. The van der Waals surface area contributed by atoms with Gasteiger partial charge in [0.25, 0.3) is 0 Å². The van der Waals surface area contributed by atoms with Gasteiger partial charge in [-0.3, -0.25) is 4.72 Å². The molecule has 1 aliphatic rings. The van der Waals surface area contributed by atoms with Crippen LogP contribution in [0.25, 0.3) is 0 Å². The minimum atomic E-state index is -3.34. The Balaban J connectivity index is 2.14. The van der Waals surface area contributed by atoms with Gasteiger partial charge in [-0.1, -0.05) is 24.7 Å². The number of aromatic nitrogens is 1. The maximum absolute atomic E-state index is 12.1. The largest absolute Gasteiger partial charge is 0.320 e. The van der Waals surface area contributed by atoms with Crippen LogP contribution in [0.15, 0.2) is 18.3 Å². The third-order valence-corrected chi connectivity index (χ3v) is 4.93. The van der Waals surface area contributed by atoms with Gasteiger partial charge in [-0.15, -0.1) is 0 Å². The first-order valence-electron chi connectivity index (χ1n) is 6.28. The zero-order chi connectivity index (χ0) is 13.7. The van der Waals surface area contributed by atoms with Gasteiger partial charge >= 0.3 is 0 Å². The molecule has 0 atom stereocenters. The number of sulfonamides is 1. The third-order valence-electron chi connectivity index (χ3n) is 3.08. The minimum absolute atomic E-state index is 0.269. The summed E-state index contributed by atoms with van der Waals surface area (Å²) in [4.78, 5) is 4.01. The van der Waals surface area contributed by atoms with Crippen molar-refractivity contribution < 1.29 is 8.42 Å². The number of hydrogen-bond donors (Lipinski definition) is 2. The average Bonchev–Trinajstić information content (AvgIpc) is 2.91. The van der Waals surface area contributed by atoms with Crippen molar-refractivity contribution in [1.29, 1.82) is 0 Å². The number of hydrogen-bond acceptors (Lipinski definition) is 4. The van der Waals surface area contributed by atoms with Crippen LogP contribution in [-0.2, 0) is 10.0 Å². The molecule has 3 N–H and O–H groups in total. The van der Waals surface area contributed by atoms with Gasteiger partial charge in [-0.2, -0.15) is 0 Å². The molecule has 5 nitrogen and oxygen atoms in total. The summed E-state index contributed by atoms with van der Waals surface area (Å²) in [6.07, 6.45) is 4.93. The van der Waals surface area contributed by atoms with E-state index in [2.05, 4.69) is 21.5 Å². The van der Waals surface area contributed by atoms with Crippen LogP contribution in [0.3, 0.4) is 0 Å². The van der Waals surface area contributed by atoms with Crippen molar-refractivity contribution in [1.82, 2.24) is 4.98 Å². The van der Waals surface area contributed by atoms with E-state index in [9.17, 15) is 8.42 Å². The first-order valence-corrected chi connectivity index (χ1v) is 7.83. The second-order valence-electron chi connectivity index (χ2n) is 4.49. The van der Waals surface area contributed by atoms with Gasteiger partial charge in [-0.25, -0.2) is 13.4 Å². The molecule has 6 heteroatoms. The molecule has 0 saturated heterocycles. The minimum Gasteiger partial charge on any atom is -0.320 e. The maximum atomic E-state index is 12.1. The van der Waals surface area contributed by atoms with E-state index < -0.39 is 10.0 Å². The molecule has 0 aliphatic heterocycles. The highest BCUT2D eigenvalue weighted by atomic mass is 32.2. The third kappa shape index (κ3) is 3.69. The number of nitrogens with two attached hydrogens (primary N) is 1. The summed E-state index contributed by atoms with van der Waals surface area (Å²) in [6, 6.07) is 3.34. The molecule has 0 aromatic carbocycles. The highest BCUT2D eigenvalue weighted by molar-refractivity contribution is 7.93. The van der Waals surface area contributed by atoms with Gasteiger partial charge < -0.3 is 5.73 Å². The van der Waals surface area contributed by atoms with E-state index in [4.69, 9.17) is 5.73 Å². The van der Waals surface area contributed by atoms with Gasteiger partial charge in [0.1, 0.15) is 5.82 Å². The molecule has 1 heterocycles. The van der Waals surface area contributed by atoms with Crippen LogP contribution in [0.5, 0.6) is 0 Å². The van der Waals surface area contributed by atoms with E-state index in [1.54, 1.807) is 12.1 Å². The highest BCUT2D eigenvalue weighted by Crippen LogP contribution is 2.25. The van der Waals surface area contributed by atoms with E-state index in [1.165, 1.54) is 6.20 Å². The lowest BCUT2D eigenvalue weighted by Gasteiger charge is -2.12. The molecular weight excluding hydrogens is 262 g/mol. The quantitative estimate of drug-likeness (QED) is 0.811. The van der Waals surface area contributed by atoms with Crippen LogP contribution in [0.1, 0.15) is 31.2 Å². The second-order valence-corrected chi connectivity index (χ2v) is 6.45. The second kappa shape index (κ2) is 6.04. The van der Waals surface area contributed by atoms with Crippen molar-refractivity contribution in [2.24, 2.45) is 5.73 Å². The molecule has 0 spiro atoms. The summed E-state index contributed by atoms with van der Waals surface area (Å²) in [5, 5.41) is -0.298. The van der Waals surface area contributed by atoms with Crippen molar-refractivity contribution in [3.63, 3.8) is 0 Å². The number of rotatable bonds is 3. The Hall–Kier alpha value is -1.58. The topological polar surface area (TPSA) is 85.1 Å². The van der Waals surface area contributed by atoms with E-state index >= 15 is 0 Å². The van der Waals surface area contributed by atoms with Crippen LogP contribution >= 0.6 is 0 Å². The van der Waals surface area contributed by atoms with Gasteiger partial charge in [0.15, 0.2) is 0 Å². The Kier molecular flexibility index (Phi) is 4.40. The molecule has 1 aromatic heterocycles. The number of nitrogens with one attached hydrogen (secondary N) is 1. The molecule has 0 amide bonds. The van der Waals surface area contributed by atoms with E-state index in [0.29, 0.717) is 11.4 Å². The van der Waals surface area contributed by atoms with Crippen molar-refractivity contribution in [3.05, 3.63) is 23.9 Å². The van der Waals surface area contributed by atoms with Crippen molar-refractivity contribution in [2.75, 3.05) is 11.3 Å². The SMILES string of the molecule is NCC#Cc1ccnc(NS(=O)(=O)C2CCCC2)c1. The van der Waals surface area contributed by atoms with Gasteiger partial charge in [0, 0.05) is 11.8 Å². The maximum Gasteiger partial charge on any atom is 0.236 e. The lowest BCUT2D eigenvalue weighted by molar-refractivity contribution is 0.585. The van der Waals surface area contributed by atoms with E-state index in [-0.39, 0.29) is 11.8 Å². The highest BCUT2D eigenvalue weighted by Gasteiger charge is 2.28. The molecule has 1 aromatic rings. The number of pyridine rings is 1. The number of nitrogens with zero attached hydrogens (tertiary/aromatic N) is 1. The van der Waals surface area contributed by atoms with Gasteiger partial charge in [0.05, 0.1) is 11.8 Å². The summed E-state index contributed by atoms with van der Waals surface area (Å²) in [5.74, 6) is 5.89. The lowest BCUT2D eigenvalue weighted by atomic mass is 10.2. The van der Waals surface area contributed by atoms with E-state index in [0.717, 1.165) is 25.7 Å². The zero-order valence-electron chi connectivity index (χ0n) is 10.6. The summed E-state index contributed by atoms with van der Waals surface area (Å²) in [7, 11) is -3.34. The first-order chi connectivity index (χ1) is 9.12. The van der Waals surface area contributed by atoms with Crippen LogP contribution < -0.4 is 10.5 Å². The molecule has 0 radical (unpaired) electrons. The zero-order valence-corrected chi connectivity index (χ0v) is 11.4. The molecule has 0 unspecified atom stereocenters. The predicted octanol–water partition coefficient (Wildman–Crippen LogP) is 1.08. The molecular formula is C13H17N3O2S. The average molecular weight is 279 g/mol. The molecule has 0 bridgehead atoms. The van der Waals surface area contributed by atoms with Crippen molar-refractivity contribution >= 4 is 15.8 Å². The molecule has 1 fully saturated rings. The standard InChI is InChI=1S/C13H17N3O2S/c14-8-3-4-11-7-9-15-13(10-11)16-19(17,18)12-5-1-2-6-12/h7,9-10,12H,1-2,5-6,8,14H2,(H,15,16). The van der Waals surface area contributed by atoms with Crippen molar-refractivity contribution in [2.45, 2.75) is 30.9 Å². The molecule has 1 aliphatic carbocycles. The Labute approximate surface area is 113 Å². The Morgan fingerprint density at radius 2 is 2.16 bits per heavy atom.